The molecule has 9 heteroatoms. The first-order chi connectivity index (χ1) is 18.1. The van der Waals surface area contributed by atoms with Gasteiger partial charge in [0.2, 0.25) is 5.91 Å². The highest BCUT2D eigenvalue weighted by Gasteiger charge is 2.29. The molecule has 7 nitrogen and oxygen atoms in total. The summed E-state index contributed by atoms with van der Waals surface area (Å²) >= 11 is 12.6. The van der Waals surface area contributed by atoms with Crippen LogP contribution in [-0.4, -0.2) is 48.8 Å². The maximum atomic E-state index is 13.6. The second-order valence-corrected chi connectivity index (χ2v) is 9.92. The highest BCUT2D eigenvalue weighted by molar-refractivity contribution is 6.35. The summed E-state index contributed by atoms with van der Waals surface area (Å²) < 4.78 is 11.4. The molecular weight excluding hydrogens is 511 g/mol. The fourth-order valence-electron chi connectivity index (χ4n) is 5.05. The molecule has 1 amide bonds. The first kappa shape index (κ1) is 24.0. The van der Waals surface area contributed by atoms with Gasteiger partial charge in [-0.1, -0.05) is 41.4 Å². The normalized spacial score (nSPS) is 17.2. The Morgan fingerprint density at radius 3 is 2.57 bits per heavy atom. The smallest absolute Gasteiger partial charge is 0.232 e. The van der Waals surface area contributed by atoms with Gasteiger partial charge in [-0.05, 0) is 42.3 Å². The molecule has 4 heterocycles. The molecule has 188 valence electrons. The molecule has 1 unspecified atom stereocenters. The summed E-state index contributed by atoms with van der Waals surface area (Å²) in [5.41, 5.74) is 5.46. The summed E-state index contributed by atoms with van der Waals surface area (Å²) in [6.45, 7) is 3.03. The predicted molar refractivity (Wildman–Crippen MR) is 146 cm³/mol. The van der Waals surface area contributed by atoms with Gasteiger partial charge in [0.1, 0.15) is 11.3 Å². The Morgan fingerprint density at radius 1 is 0.973 bits per heavy atom. The topological polar surface area (TPSA) is 76.6 Å². The zero-order valence-electron chi connectivity index (χ0n) is 19.9. The number of para-hydroxylation sites is 1. The van der Waals surface area contributed by atoms with Crippen LogP contribution >= 0.6 is 23.2 Å². The number of halogens is 2. The van der Waals surface area contributed by atoms with Crippen molar-refractivity contribution < 1.29 is 14.3 Å². The van der Waals surface area contributed by atoms with Crippen molar-refractivity contribution in [2.24, 2.45) is 0 Å². The van der Waals surface area contributed by atoms with Crippen molar-refractivity contribution in [2.75, 3.05) is 43.1 Å². The number of hydrogen-bond acceptors (Lipinski definition) is 6. The Labute approximate surface area is 224 Å². The van der Waals surface area contributed by atoms with Crippen LogP contribution in [-0.2, 0) is 9.53 Å². The molecule has 0 spiro atoms. The largest absolute Gasteiger partial charge is 0.493 e. The molecule has 2 aliphatic heterocycles. The zero-order chi connectivity index (χ0) is 25.4. The Bertz CT molecular complexity index is 1470. The van der Waals surface area contributed by atoms with Crippen LogP contribution in [0.1, 0.15) is 17.9 Å². The molecule has 2 aliphatic rings. The van der Waals surface area contributed by atoms with Gasteiger partial charge < -0.3 is 19.7 Å². The van der Waals surface area contributed by atoms with Gasteiger partial charge in [0, 0.05) is 40.5 Å². The van der Waals surface area contributed by atoms with E-state index in [1.54, 1.807) is 18.5 Å². The van der Waals surface area contributed by atoms with Gasteiger partial charge in [0.15, 0.2) is 0 Å². The number of benzene rings is 2. The van der Waals surface area contributed by atoms with Crippen molar-refractivity contribution in [3.63, 3.8) is 0 Å². The first-order valence-corrected chi connectivity index (χ1v) is 12.9. The van der Waals surface area contributed by atoms with Crippen molar-refractivity contribution >= 4 is 51.5 Å². The van der Waals surface area contributed by atoms with Gasteiger partial charge in [-0.25, -0.2) is 0 Å². The van der Waals surface area contributed by atoms with Crippen LogP contribution in [0.2, 0.25) is 10.0 Å². The fourth-order valence-corrected chi connectivity index (χ4v) is 5.58. The Kier molecular flexibility index (Phi) is 6.59. The van der Waals surface area contributed by atoms with Gasteiger partial charge in [-0.15, -0.1) is 0 Å². The third-order valence-electron chi connectivity index (χ3n) is 6.76. The molecule has 0 saturated carbocycles. The minimum atomic E-state index is -0.314. The monoisotopic (exact) mass is 534 g/mol. The molecule has 1 saturated heterocycles. The fraction of sp³-hybridized carbons (Fsp3) is 0.250. The van der Waals surface area contributed by atoms with Crippen molar-refractivity contribution in [3.8, 4) is 16.9 Å². The van der Waals surface area contributed by atoms with Crippen LogP contribution in [0.3, 0.4) is 0 Å². The highest BCUT2D eigenvalue weighted by atomic mass is 35.5. The number of nitrogens with one attached hydrogen (secondary N) is 1. The third kappa shape index (κ3) is 4.70. The number of nitrogens with zero attached hydrogens (tertiary/aromatic N) is 3. The van der Waals surface area contributed by atoms with E-state index in [1.165, 1.54) is 0 Å². The SMILES string of the molecule is O=C(Nc1cnc2c(-c3cc(Cl)cc(Cl)c3)ccnc2c1N1CCOCC1)C1CCOc2ccccc21. The number of pyridine rings is 2. The van der Waals surface area contributed by atoms with E-state index in [2.05, 4.69) is 10.2 Å². The van der Waals surface area contributed by atoms with Crippen LogP contribution in [0.4, 0.5) is 11.4 Å². The van der Waals surface area contributed by atoms with Gasteiger partial charge >= 0.3 is 0 Å². The lowest BCUT2D eigenvalue weighted by molar-refractivity contribution is -0.118. The first-order valence-electron chi connectivity index (χ1n) is 12.2. The van der Waals surface area contributed by atoms with E-state index in [1.807, 2.05) is 42.5 Å². The lowest BCUT2D eigenvalue weighted by Crippen LogP contribution is -2.37. The summed E-state index contributed by atoms with van der Waals surface area (Å²) in [5, 5.41) is 4.25. The molecule has 37 heavy (non-hydrogen) atoms. The third-order valence-corrected chi connectivity index (χ3v) is 7.20. The molecule has 1 N–H and O–H groups in total. The van der Waals surface area contributed by atoms with Gasteiger partial charge in [-0.3, -0.25) is 14.8 Å². The van der Waals surface area contributed by atoms with E-state index in [4.69, 9.17) is 42.6 Å². The van der Waals surface area contributed by atoms with E-state index in [0.29, 0.717) is 66.1 Å². The number of fused-ring (bicyclic) bond motifs is 2. The van der Waals surface area contributed by atoms with E-state index in [-0.39, 0.29) is 11.8 Å². The lowest BCUT2D eigenvalue weighted by atomic mass is 9.92. The number of hydrogen-bond donors (Lipinski definition) is 1. The van der Waals surface area contributed by atoms with Crippen LogP contribution in [0.5, 0.6) is 5.75 Å². The Morgan fingerprint density at radius 2 is 1.76 bits per heavy atom. The molecule has 0 aliphatic carbocycles. The second-order valence-electron chi connectivity index (χ2n) is 9.05. The summed E-state index contributed by atoms with van der Waals surface area (Å²) in [7, 11) is 0. The molecule has 1 fully saturated rings. The summed E-state index contributed by atoms with van der Waals surface area (Å²) in [6, 6.07) is 15.0. The molecule has 0 bridgehead atoms. The summed E-state index contributed by atoms with van der Waals surface area (Å²) in [4.78, 5) is 25.3. The molecule has 2 aromatic heterocycles. The Balaban J connectivity index is 1.44. The lowest BCUT2D eigenvalue weighted by Gasteiger charge is -2.32. The van der Waals surface area contributed by atoms with Crippen LogP contribution in [0.25, 0.3) is 22.2 Å². The highest BCUT2D eigenvalue weighted by Crippen LogP contribution is 2.39. The van der Waals surface area contributed by atoms with Crippen LogP contribution in [0.15, 0.2) is 60.9 Å². The number of carbonyl (C=O) groups excluding carboxylic acids is 1. The van der Waals surface area contributed by atoms with E-state index in [0.717, 1.165) is 28.1 Å². The Hall–Kier alpha value is -3.39. The zero-order valence-corrected chi connectivity index (χ0v) is 21.4. The number of morpholine rings is 1. The minimum Gasteiger partial charge on any atom is -0.493 e. The number of anilines is 2. The van der Waals surface area contributed by atoms with Crippen molar-refractivity contribution in [2.45, 2.75) is 12.3 Å². The maximum absolute atomic E-state index is 13.6. The van der Waals surface area contributed by atoms with Gasteiger partial charge in [0.05, 0.1) is 48.8 Å². The maximum Gasteiger partial charge on any atom is 0.232 e. The molecule has 6 rings (SSSR count). The van der Waals surface area contributed by atoms with E-state index < -0.39 is 0 Å². The van der Waals surface area contributed by atoms with Crippen molar-refractivity contribution in [3.05, 3.63) is 76.5 Å². The van der Waals surface area contributed by atoms with E-state index in [9.17, 15) is 4.79 Å². The van der Waals surface area contributed by atoms with Crippen molar-refractivity contribution in [1.82, 2.24) is 9.97 Å². The molecule has 0 radical (unpaired) electrons. The van der Waals surface area contributed by atoms with Crippen molar-refractivity contribution in [1.29, 1.82) is 0 Å². The van der Waals surface area contributed by atoms with Crippen LogP contribution in [0, 0.1) is 0 Å². The standard InChI is InChI=1S/C28H24Cl2N4O3/c29-18-13-17(14-19(30)15-18)20-5-7-31-26-25(20)32-16-23(27(26)34-8-11-36-12-9-34)33-28(35)22-6-10-37-24-4-2-1-3-21(22)24/h1-5,7,13-16,22H,6,8-12H2,(H,33,35). The number of rotatable bonds is 4. The average molecular weight is 535 g/mol. The van der Waals surface area contributed by atoms with Gasteiger partial charge in [-0.2, -0.15) is 0 Å². The van der Waals surface area contributed by atoms with Crippen LogP contribution < -0.4 is 15.0 Å². The molecule has 1 atom stereocenters. The van der Waals surface area contributed by atoms with Gasteiger partial charge in [0.25, 0.3) is 0 Å². The number of ether oxygens (including phenoxy) is 2. The molecule has 4 aromatic rings. The summed E-state index contributed by atoms with van der Waals surface area (Å²) in [6.07, 6.45) is 4.07. The molecular formula is C28H24Cl2N4O3. The number of carbonyl (C=O) groups is 1. The molecule has 2 aromatic carbocycles. The number of aromatic nitrogens is 2. The minimum absolute atomic E-state index is 0.0933. The average Bonchev–Trinajstić information content (AvgIpc) is 2.92. The summed E-state index contributed by atoms with van der Waals surface area (Å²) in [5.74, 6) is 0.348. The quantitative estimate of drug-likeness (QED) is 0.348. The predicted octanol–water partition coefficient (Wildman–Crippen LogP) is 5.95. The number of amides is 1. The van der Waals surface area contributed by atoms with E-state index >= 15 is 0 Å². The second kappa shape index (κ2) is 10.2.